The Morgan fingerprint density at radius 3 is 2.68 bits per heavy atom. The molecule has 168 valence electrons. The fourth-order valence-corrected chi connectivity index (χ4v) is 4.33. The number of hydrogen-bond donors (Lipinski definition) is 1. The van der Waals surface area contributed by atoms with Crippen LogP contribution in [0.5, 0.6) is 5.75 Å². The standard InChI is InChI=1S/C23H27NO2.CH4O3S/c1-24(14-12-23-20-9-3-6-17(20)13-15-26-23)16-18-7-4-10-21-19(18)8-5-11-22(21)25-2;1-5(2,3)4/h3,5-6,8-9,11,13,15,18H,4,7,10,12,14,16H2,1-2H3;1H3,(H,2,3,4)/t18-;/m0./s1. The lowest BCUT2D eigenvalue weighted by atomic mass is 9.82. The monoisotopic (exact) mass is 445 g/mol. The third-order valence-corrected chi connectivity index (χ3v) is 5.67. The summed E-state index contributed by atoms with van der Waals surface area (Å²) < 4.78 is 37.2. The van der Waals surface area contributed by atoms with Crippen LogP contribution in [0, 0.1) is 0 Å². The Hall–Kier alpha value is -2.35. The number of rotatable bonds is 6. The first-order chi connectivity index (χ1) is 14.8. The number of nitrogens with zero attached hydrogens (tertiary/aromatic N) is 1. The molecule has 1 heterocycles. The number of fused-ring (bicyclic) bond motifs is 2. The van der Waals surface area contributed by atoms with Gasteiger partial charge in [-0.2, -0.15) is 8.42 Å². The second-order valence-electron chi connectivity index (χ2n) is 8.10. The summed E-state index contributed by atoms with van der Waals surface area (Å²) in [6.07, 6.45) is 7.10. The van der Waals surface area contributed by atoms with E-state index < -0.39 is 10.1 Å². The van der Waals surface area contributed by atoms with Gasteiger partial charge in [0, 0.05) is 25.1 Å². The van der Waals surface area contributed by atoms with E-state index in [4.69, 9.17) is 13.7 Å². The third kappa shape index (κ3) is 6.56. The molecule has 0 unspecified atom stereocenters. The minimum absolute atomic E-state index is 0.588. The molecule has 1 atom stereocenters. The Balaban J connectivity index is 0.000000491. The van der Waals surface area contributed by atoms with Crippen molar-refractivity contribution in [3.05, 3.63) is 65.6 Å². The van der Waals surface area contributed by atoms with Crippen LogP contribution in [0.2, 0.25) is 0 Å². The summed E-state index contributed by atoms with van der Waals surface area (Å²) in [6, 6.07) is 14.9. The predicted octanol–water partition coefficient (Wildman–Crippen LogP) is 4.49. The second-order valence-corrected chi connectivity index (χ2v) is 9.57. The highest BCUT2D eigenvalue weighted by Gasteiger charge is 2.24. The second kappa shape index (κ2) is 10.3. The summed E-state index contributed by atoms with van der Waals surface area (Å²) in [5, 5.41) is 0. The number of likely N-dealkylation sites (N-methyl/N-ethyl adjacent to an activating group) is 1. The van der Waals surface area contributed by atoms with E-state index >= 15 is 0 Å². The van der Waals surface area contributed by atoms with Crippen LogP contribution in [0.15, 0.2) is 53.1 Å². The van der Waals surface area contributed by atoms with Crippen LogP contribution in [0.4, 0.5) is 0 Å². The summed E-state index contributed by atoms with van der Waals surface area (Å²) in [6.45, 7) is 2.08. The molecule has 1 aromatic rings. The molecule has 1 N–H and O–H groups in total. The van der Waals surface area contributed by atoms with Crippen LogP contribution in [0.3, 0.4) is 0 Å². The quantitative estimate of drug-likeness (QED) is 0.563. The zero-order chi connectivity index (χ0) is 22.4. The van der Waals surface area contributed by atoms with E-state index in [1.165, 1.54) is 35.1 Å². The maximum atomic E-state index is 9.19. The first kappa shape index (κ1) is 23.3. The molecular formula is C24H31NO5S. The van der Waals surface area contributed by atoms with E-state index in [2.05, 4.69) is 48.3 Å². The molecule has 0 saturated carbocycles. The molecule has 0 spiro atoms. The van der Waals surface area contributed by atoms with Crippen LogP contribution in [-0.4, -0.2) is 51.4 Å². The number of ether oxygens (including phenoxy) is 1. The van der Waals surface area contributed by atoms with Gasteiger partial charge < -0.3 is 14.1 Å². The number of benzene rings is 1. The Kier molecular flexibility index (Phi) is 7.75. The minimum atomic E-state index is -3.67. The first-order valence-corrected chi connectivity index (χ1v) is 12.3. The lowest BCUT2D eigenvalue weighted by Gasteiger charge is -2.30. The van der Waals surface area contributed by atoms with Crippen molar-refractivity contribution in [2.24, 2.45) is 0 Å². The highest BCUT2D eigenvalue weighted by molar-refractivity contribution is 7.85. The zero-order valence-electron chi connectivity index (χ0n) is 18.4. The van der Waals surface area contributed by atoms with Gasteiger partial charge in [-0.25, -0.2) is 0 Å². The summed E-state index contributed by atoms with van der Waals surface area (Å²) in [5.74, 6) is 2.73. The van der Waals surface area contributed by atoms with Crippen molar-refractivity contribution in [3.63, 3.8) is 0 Å². The lowest BCUT2D eigenvalue weighted by molar-refractivity contribution is 0.291. The van der Waals surface area contributed by atoms with E-state index in [9.17, 15) is 8.42 Å². The van der Waals surface area contributed by atoms with Gasteiger partial charge >= 0.3 is 0 Å². The Labute approximate surface area is 184 Å². The summed E-state index contributed by atoms with van der Waals surface area (Å²) in [5.41, 5.74) is 5.40. The molecular weight excluding hydrogens is 414 g/mol. The van der Waals surface area contributed by atoms with Gasteiger partial charge in [0.2, 0.25) is 0 Å². The van der Waals surface area contributed by atoms with E-state index in [1.807, 2.05) is 6.07 Å². The van der Waals surface area contributed by atoms with Gasteiger partial charge in [0.15, 0.2) is 0 Å². The normalized spacial score (nSPS) is 16.0. The van der Waals surface area contributed by atoms with Crippen LogP contribution in [0.25, 0.3) is 11.1 Å². The molecule has 0 radical (unpaired) electrons. The molecule has 6 nitrogen and oxygen atoms in total. The van der Waals surface area contributed by atoms with Gasteiger partial charge in [0.1, 0.15) is 11.5 Å². The van der Waals surface area contributed by atoms with Crippen molar-refractivity contribution in [2.75, 3.05) is 33.5 Å². The van der Waals surface area contributed by atoms with Gasteiger partial charge in [-0.15, -0.1) is 0 Å². The molecule has 1 aliphatic heterocycles. The maximum Gasteiger partial charge on any atom is 0.261 e. The topological polar surface area (TPSA) is 80.0 Å². The van der Waals surface area contributed by atoms with Crippen molar-refractivity contribution in [3.8, 4) is 16.9 Å². The molecule has 0 aromatic heterocycles. The van der Waals surface area contributed by atoms with Crippen LogP contribution in [-0.2, 0) is 23.0 Å². The van der Waals surface area contributed by atoms with Crippen molar-refractivity contribution in [1.82, 2.24) is 4.90 Å². The minimum Gasteiger partial charge on any atom is -0.496 e. The fraction of sp³-hybridized carbons (Fsp3) is 0.417. The molecule has 0 bridgehead atoms. The number of methoxy groups -OCH3 is 1. The van der Waals surface area contributed by atoms with E-state index in [-0.39, 0.29) is 0 Å². The Morgan fingerprint density at radius 1 is 1.19 bits per heavy atom. The Bertz CT molecular complexity index is 1050. The Morgan fingerprint density at radius 2 is 1.94 bits per heavy atom. The molecule has 0 saturated heterocycles. The van der Waals surface area contributed by atoms with Gasteiger partial charge in [-0.05, 0) is 61.1 Å². The van der Waals surface area contributed by atoms with Gasteiger partial charge in [-0.3, -0.25) is 4.55 Å². The van der Waals surface area contributed by atoms with Crippen molar-refractivity contribution in [2.45, 2.75) is 31.6 Å². The van der Waals surface area contributed by atoms with E-state index in [0.717, 1.165) is 37.4 Å². The van der Waals surface area contributed by atoms with Crippen molar-refractivity contribution in [1.29, 1.82) is 0 Å². The van der Waals surface area contributed by atoms with Gasteiger partial charge in [0.25, 0.3) is 10.1 Å². The molecule has 7 heteroatoms. The van der Waals surface area contributed by atoms with Crippen molar-refractivity contribution >= 4 is 10.1 Å². The molecule has 3 aliphatic rings. The van der Waals surface area contributed by atoms with E-state index in [1.54, 1.807) is 13.4 Å². The molecule has 1 aromatic carbocycles. The summed E-state index contributed by atoms with van der Waals surface area (Å²) >= 11 is 0. The van der Waals surface area contributed by atoms with Crippen LogP contribution in [0.1, 0.15) is 35.6 Å². The highest BCUT2D eigenvalue weighted by Crippen LogP contribution is 2.37. The fourth-order valence-electron chi connectivity index (χ4n) is 4.33. The van der Waals surface area contributed by atoms with Gasteiger partial charge in [-0.1, -0.05) is 30.3 Å². The molecule has 31 heavy (non-hydrogen) atoms. The average Bonchev–Trinajstić information content (AvgIpc) is 3.20. The average molecular weight is 446 g/mol. The highest BCUT2D eigenvalue weighted by atomic mass is 32.2. The molecule has 0 fully saturated rings. The van der Waals surface area contributed by atoms with Gasteiger partial charge in [0.05, 0.1) is 19.6 Å². The van der Waals surface area contributed by atoms with Crippen LogP contribution < -0.4 is 4.74 Å². The molecule has 2 aliphatic carbocycles. The smallest absolute Gasteiger partial charge is 0.261 e. The van der Waals surface area contributed by atoms with Crippen LogP contribution >= 0.6 is 0 Å². The largest absolute Gasteiger partial charge is 0.496 e. The summed E-state index contributed by atoms with van der Waals surface area (Å²) in [7, 11) is 0.332. The SMILES string of the molecule is COc1cccc2c1CCC[C@H]2CN(C)CCc1occc2cccc1-2.CS(=O)(=O)O. The number of hydrogen-bond acceptors (Lipinski definition) is 5. The molecule has 4 rings (SSSR count). The molecule has 0 amide bonds. The maximum absolute atomic E-state index is 9.19. The first-order valence-electron chi connectivity index (χ1n) is 10.5. The van der Waals surface area contributed by atoms with E-state index in [0.29, 0.717) is 12.2 Å². The predicted molar refractivity (Wildman–Crippen MR) is 123 cm³/mol. The third-order valence-electron chi connectivity index (χ3n) is 5.67. The zero-order valence-corrected chi connectivity index (χ0v) is 19.2. The lowest BCUT2D eigenvalue weighted by Crippen LogP contribution is -2.28. The van der Waals surface area contributed by atoms with Crippen molar-refractivity contribution < 1.29 is 22.1 Å². The summed E-state index contributed by atoms with van der Waals surface area (Å²) in [4.78, 5) is 2.44.